The molecule has 1 aromatic carbocycles. The lowest BCUT2D eigenvalue weighted by molar-refractivity contribution is -0.0495. The van der Waals surface area contributed by atoms with Crippen LogP contribution in [0.1, 0.15) is 10.4 Å². The van der Waals surface area contributed by atoms with E-state index >= 15 is 0 Å². The lowest BCUT2D eigenvalue weighted by Crippen LogP contribution is -2.05. The van der Waals surface area contributed by atoms with E-state index in [1.165, 1.54) is 18.3 Å². The molecule has 0 atom stereocenters. The fraction of sp³-hybridized carbons (Fsp3) is 0.0909. The molecule has 8 heteroatoms. The Hall–Kier alpha value is -1.73. The van der Waals surface area contributed by atoms with Gasteiger partial charge in [-0.25, -0.2) is 9.78 Å². The summed E-state index contributed by atoms with van der Waals surface area (Å²) in [6, 6.07) is 3.71. The summed E-state index contributed by atoms with van der Waals surface area (Å²) in [5, 5.41) is 8.84. The quantitative estimate of drug-likeness (QED) is 0.934. The van der Waals surface area contributed by atoms with Gasteiger partial charge in [0.2, 0.25) is 0 Å². The van der Waals surface area contributed by atoms with Crippen LogP contribution in [0.4, 0.5) is 8.78 Å². The highest BCUT2D eigenvalue weighted by molar-refractivity contribution is 7.18. The third kappa shape index (κ3) is 3.18. The van der Waals surface area contributed by atoms with Gasteiger partial charge < -0.3 is 9.84 Å². The minimum Gasteiger partial charge on any atom is -0.478 e. The zero-order chi connectivity index (χ0) is 14.0. The number of thiazole rings is 1. The van der Waals surface area contributed by atoms with E-state index in [9.17, 15) is 13.6 Å². The summed E-state index contributed by atoms with van der Waals surface area (Å²) in [4.78, 5) is 15.1. The van der Waals surface area contributed by atoms with Gasteiger partial charge in [0.05, 0.1) is 10.4 Å². The fourth-order valence-electron chi connectivity index (χ4n) is 1.43. The van der Waals surface area contributed by atoms with Gasteiger partial charge in [-0.05, 0) is 18.2 Å². The molecule has 0 unspecified atom stereocenters. The van der Waals surface area contributed by atoms with Crippen molar-refractivity contribution in [3.8, 4) is 16.2 Å². The van der Waals surface area contributed by atoms with Crippen LogP contribution in [0.15, 0.2) is 24.4 Å². The maximum Gasteiger partial charge on any atom is 0.387 e. The second kappa shape index (κ2) is 5.50. The van der Waals surface area contributed by atoms with Crippen molar-refractivity contribution in [1.29, 1.82) is 0 Å². The van der Waals surface area contributed by atoms with E-state index in [1.54, 1.807) is 0 Å². The Kier molecular flexibility index (Phi) is 3.96. The Morgan fingerprint density at radius 1 is 1.47 bits per heavy atom. The van der Waals surface area contributed by atoms with Gasteiger partial charge in [0.25, 0.3) is 0 Å². The van der Waals surface area contributed by atoms with Crippen molar-refractivity contribution in [2.24, 2.45) is 0 Å². The highest BCUT2D eigenvalue weighted by Gasteiger charge is 2.16. The standard InChI is InChI=1S/C11H6ClF2NO3S/c12-10-15-4-8(19-10)6-2-1-5(9(16)17)3-7(6)18-11(13)14/h1-4,11H,(H,16,17). The van der Waals surface area contributed by atoms with Crippen LogP contribution in [0.3, 0.4) is 0 Å². The van der Waals surface area contributed by atoms with Crippen molar-refractivity contribution in [1.82, 2.24) is 4.98 Å². The van der Waals surface area contributed by atoms with E-state index in [0.717, 1.165) is 17.4 Å². The average Bonchev–Trinajstić information content (AvgIpc) is 2.74. The molecule has 19 heavy (non-hydrogen) atoms. The van der Waals surface area contributed by atoms with E-state index < -0.39 is 12.6 Å². The number of benzene rings is 1. The molecule has 0 aliphatic heterocycles. The monoisotopic (exact) mass is 305 g/mol. The Bertz CT molecular complexity index is 618. The summed E-state index contributed by atoms with van der Waals surface area (Å²) in [5.41, 5.74) is 0.171. The number of rotatable bonds is 4. The van der Waals surface area contributed by atoms with E-state index in [-0.39, 0.29) is 15.8 Å². The molecular formula is C11H6ClF2NO3S. The first-order valence-corrected chi connectivity index (χ1v) is 6.10. The Morgan fingerprint density at radius 3 is 2.74 bits per heavy atom. The molecule has 0 bridgehead atoms. The molecule has 0 aliphatic carbocycles. The van der Waals surface area contributed by atoms with E-state index in [2.05, 4.69) is 9.72 Å². The van der Waals surface area contributed by atoms with Crippen LogP contribution >= 0.6 is 22.9 Å². The van der Waals surface area contributed by atoms with Crippen LogP contribution < -0.4 is 4.74 Å². The molecule has 1 aromatic heterocycles. The van der Waals surface area contributed by atoms with E-state index in [4.69, 9.17) is 16.7 Å². The third-order valence-electron chi connectivity index (χ3n) is 2.19. The molecule has 0 aliphatic rings. The van der Waals surface area contributed by atoms with Gasteiger partial charge in [-0.2, -0.15) is 8.78 Å². The highest BCUT2D eigenvalue weighted by atomic mass is 35.5. The number of carboxylic acid groups (broad SMARTS) is 1. The van der Waals surface area contributed by atoms with Crippen LogP contribution in [0, 0.1) is 0 Å². The predicted octanol–water partition coefficient (Wildman–Crippen LogP) is 3.76. The molecule has 2 rings (SSSR count). The normalized spacial score (nSPS) is 10.7. The molecule has 0 spiro atoms. The maximum absolute atomic E-state index is 12.3. The fourth-order valence-corrected chi connectivity index (χ4v) is 2.40. The number of aromatic nitrogens is 1. The van der Waals surface area contributed by atoms with Crippen LogP contribution in [-0.2, 0) is 0 Å². The van der Waals surface area contributed by atoms with Crippen LogP contribution in [0.25, 0.3) is 10.4 Å². The first kappa shape index (κ1) is 13.7. The molecule has 1 N–H and O–H groups in total. The maximum atomic E-state index is 12.3. The summed E-state index contributed by atoms with van der Waals surface area (Å²) < 4.78 is 29.3. The van der Waals surface area contributed by atoms with Gasteiger partial charge in [-0.3, -0.25) is 0 Å². The molecule has 0 amide bonds. The average molecular weight is 306 g/mol. The number of alkyl halides is 2. The summed E-state index contributed by atoms with van der Waals surface area (Å²) in [6.45, 7) is -3.05. The van der Waals surface area contributed by atoms with Gasteiger partial charge in [0.1, 0.15) is 5.75 Å². The van der Waals surface area contributed by atoms with E-state index in [0.29, 0.717) is 10.4 Å². The summed E-state index contributed by atoms with van der Waals surface area (Å²) in [7, 11) is 0. The van der Waals surface area contributed by atoms with Gasteiger partial charge in [0, 0.05) is 11.8 Å². The van der Waals surface area contributed by atoms with Crippen molar-refractivity contribution in [2.45, 2.75) is 6.61 Å². The van der Waals surface area contributed by atoms with Crippen molar-refractivity contribution in [2.75, 3.05) is 0 Å². The number of hydrogen-bond donors (Lipinski definition) is 1. The number of hydrogen-bond acceptors (Lipinski definition) is 4. The highest BCUT2D eigenvalue weighted by Crippen LogP contribution is 2.36. The number of ether oxygens (including phenoxy) is 1. The molecule has 0 saturated carbocycles. The lowest BCUT2D eigenvalue weighted by atomic mass is 10.1. The van der Waals surface area contributed by atoms with E-state index in [1.807, 2.05) is 0 Å². The Labute approximate surface area is 115 Å². The van der Waals surface area contributed by atoms with Crippen molar-refractivity contribution in [3.05, 3.63) is 34.4 Å². The number of halogens is 3. The molecule has 0 fully saturated rings. The number of carbonyl (C=O) groups is 1. The largest absolute Gasteiger partial charge is 0.478 e. The zero-order valence-electron chi connectivity index (χ0n) is 9.14. The zero-order valence-corrected chi connectivity index (χ0v) is 10.7. The second-order valence-electron chi connectivity index (χ2n) is 3.37. The minimum atomic E-state index is -3.05. The third-order valence-corrected chi connectivity index (χ3v) is 3.34. The summed E-state index contributed by atoms with van der Waals surface area (Å²) >= 11 is 6.75. The molecule has 2 aromatic rings. The number of aromatic carboxylic acids is 1. The first-order valence-electron chi connectivity index (χ1n) is 4.91. The molecule has 4 nitrogen and oxygen atoms in total. The lowest BCUT2D eigenvalue weighted by Gasteiger charge is -2.10. The minimum absolute atomic E-state index is 0.144. The molecular weight excluding hydrogens is 300 g/mol. The first-order chi connectivity index (χ1) is 8.97. The molecule has 1 heterocycles. The topological polar surface area (TPSA) is 59.4 Å². The van der Waals surface area contributed by atoms with Gasteiger partial charge in [0.15, 0.2) is 4.47 Å². The van der Waals surface area contributed by atoms with Gasteiger partial charge in [-0.1, -0.05) is 11.6 Å². The Balaban J connectivity index is 2.50. The van der Waals surface area contributed by atoms with Crippen molar-refractivity contribution >= 4 is 28.9 Å². The molecule has 100 valence electrons. The number of carboxylic acids is 1. The molecule has 0 saturated heterocycles. The molecule has 0 radical (unpaired) electrons. The number of nitrogens with zero attached hydrogens (tertiary/aromatic N) is 1. The van der Waals surface area contributed by atoms with Gasteiger partial charge in [-0.15, -0.1) is 11.3 Å². The van der Waals surface area contributed by atoms with Crippen LogP contribution in [-0.4, -0.2) is 22.7 Å². The second-order valence-corrected chi connectivity index (χ2v) is 4.98. The summed E-state index contributed by atoms with van der Waals surface area (Å²) in [6.07, 6.45) is 1.40. The predicted molar refractivity (Wildman–Crippen MR) is 66.2 cm³/mol. The van der Waals surface area contributed by atoms with Crippen molar-refractivity contribution in [3.63, 3.8) is 0 Å². The Morgan fingerprint density at radius 2 is 2.21 bits per heavy atom. The van der Waals surface area contributed by atoms with Crippen LogP contribution in [0.2, 0.25) is 4.47 Å². The van der Waals surface area contributed by atoms with Crippen molar-refractivity contribution < 1.29 is 23.4 Å². The summed E-state index contributed by atoms with van der Waals surface area (Å²) in [5.74, 6) is -1.46. The SMILES string of the molecule is O=C(O)c1ccc(-c2cnc(Cl)s2)c(OC(F)F)c1. The van der Waals surface area contributed by atoms with Gasteiger partial charge >= 0.3 is 12.6 Å². The van der Waals surface area contributed by atoms with Crippen LogP contribution in [0.5, 0.6) is 5.75 Å². The smallest absolute Gasteiger partial charge is 0.387 e.